The molecule has 2 fully saturated rings. The average Bonchev–Trinajstić information content (AvgIpc) is 3.09. The van der Waals surface area contributed by atoms with E-state index in [0.29, 0.717) is 12.0 Å². The fraction of sp³-hybridized carbons (Fsp3) is 0.400. The van der Waals surface area contributed by atoms with Gasteiger partial charge in [0.2, 0.25) is 0 Å². The highest BCUT2D eigenvalue weighted by atomic mass is 16.2. The maximum atomic E-state index is 11.7. The van der Waals surface area contributed by atoms with Crippen molar-refractivity contribution in [2.75, 3.05) is 23.3 Å². The first-order valence-electron chi connectivity index (χ1n) is 9.11. The Labute approximate surface area is 148 Å². The summed E-state index contributed by atoms with van der Waals surface area (Å²) in [6.07, 6.45) is 8.67. The minimum absolute atomic E-state index is 0.00713. The number of nitrogens with zero attached hydrogens (tertiary/aromatic N) is 2. The lowest BCUT2D eigenvalue weighted by Crippen LogP contribution is -2.28. The molecule has 2 unspecified atom stereocenters. The number of aromatic nitrogens is 1. The molecule has 2 atom stereocenters. The second-order valence-electron chi connectivity index (χ2n) is 6.92. The molecule has 2 aromatic rings. The predicted molar refractivity (Wildman–Crippen MR) is 100 cm³/mol. The van der Waals surface area contributed by atoms with Crippen molar-refractivity contribution in [3.63, 3.8) is 0 Å². The van der Waals surface area contributed by atoms with E-state index in [9.17, 15) is 4.79 Å². The fourth-order valence-corrected chi connectivity index (χ4v) is 3.93. The molecule has 4 rings (SSSR count). The van der Waals surface area contributed by atoms with E-state index in [0.717, 1.165) is 30.9 Å². The highest BCUT2D eigenvalue weighted by Crippen LogP contribution is 2.34. The molecule has 0 spiro atoms. The van der Waals surface area contributed by atoms with E-state index in [1.807, 2.05) is 30.6 Å². The molecule has 1 aliphatic heterocycles. The molecule has 2 heterocycles. The number of nitrogens with one attached hydrogen (secondary N) is 2. The molecule has 2 N–H and O–H groups in total. The number of hydrogen-bond donors (Lipinski definition) is 2. The van der Waals surface area contributed by atoms with Gasteiger partial charge in [0.25, 0.3) is 0 Å². The zero-order chi connectivity index (χ0) is 17.1. The van der Waals surface area contributed by atoms with E-state index >= 15 is 0 Å². The first-order chi connectivity index (χ1) is 12.3. The number of carbonyl (C=O) groups excluding carboxylic acids is 1. The Morgan fingerprint density at radius 3 is 2.76 bits per heavy atom. The summed E-state index contributed by atoms with van der Waals surface area (Å²) in [7, 11) is 0. The van der Waals surface area contributed by atoms with E-state index < -0.39 is 0 Å². The quantitative estimate of drug-likeness (QED) is 0.894. The van der Waals surface area contributed by atoms with Gasteiger partial charge in [0, 0.05) is 42.9 Å². The Morgan fingerprint density at radius 2 is 2.04 bits per heavy atom. The third-order valence-electron chi connectivity index (χ3n) is 5.24. The molecule has 5 heteroatoms. The van der Waals surface area contributed by atoms with E-state index in [-0.39, 0.29) is 6.03 Å². The van der Waals surface area contributed by atoms with Gasteiger partial charge in [-0.25, -0.2) is 4.79 Å². The SMILES string of the molecule is O=C1NCCN1c1ccc(NC2CCCC(c3cccnc3)C2)cc1. The molecule has 2 aliphatic rings. The van der Waals surface area contributed by atoms with Crippen molar-refractivity contribution in [2.24, 2.45) is 0 Å². The Balaban J connectivity index is 1.39. The van der Waals surface area contributed by atoms with Gasteiger partial charge in [0.15, 0.2) is 0 Å². The molecule has 1 aromatic carbocycles. The van der Waals surface area contributed by atoms with Crippen molar-refractivity contribution in [3.8, 4) is 0 Å². The standard InChI is InChI=1S/C20H24N4O/c25-20-22-11-12-24(20)19-8-6-17(7-9-19)23-18-5-1-3-15(13-18)16-4-2-10-21-14-16/h2,4,6-10,14-15,18,23H,1,3,5,11-13H2,(H,22,25). The molecular weight excluding hydrogens is 312 g/mol. The number of urea groups is 1. The lowest BCUT2D eigenvalue weighted by molar-refractivity contribution is 0.252. The molecule has 2 amide bonds. The zero-order valence-electron chi connectivity index (χ0n) is 14.3. The van der Waals surface area contributed by atoms with Crippen LogP contribution in [-0.4, -0.2) is 30.1 Å². The number of amides is 2. The molecule has 1 aliphatic carbocycles. The molecule has 1 saturated carbocycles. The second kappa shape index (κ2) is 7.13. The number of rotatable bonds is 4. The maximum absolute atomic E-state index is 11.7. The number of benzene rings is 1. The Bertz CT molecular complexity index is 716. The molecule has 1 saturated heterocycles. The van der Waals surface area contributed by atoms with Crippen LogP contribution in [0.3, 0.4) is 0 Å². The van der Waals surface area contributed by atoms with Gasteiger partial charge in [-0.1, -0.05) is 12.5 Å². The predicted octanol–water partition coefficient (Wildman–Crippen LogP) is 3.75. The number of hydrogen-bond acceptors (Lipinski definition) is 3. The number of anilines is 2. The Morgan fingerprint density at radius 1 is 1.16 bits per heavy atom. The van der Waals surface area contributed by atoms with Gasteiger partial charge in [-0.3, -0.25) is 9.88 Å². The van der Waals surface area contributed by atoms with E-state index in [1.54, 1.807) is 4.90 Å². The van der Waals surface area contributed by atoms with Crippen LogP contribution < -0.4 is 15.5 Å². The van der Waals surface area contributed by atoms with Crippen LogP contribution in [0.25, 0.3) is 0 Å². The first-order valence-corrected chi connectivity index (χ1v) is 9.11. The van der Waals surface area contributed by atoms with Crippen LogP contribution in [0, 0.1) is 0 Å². The molecule has 0 radical (unpaired) electrons. The summed E-state index contributed by atoms with van der Waals surface area (Å²) in [4.78, 5) is 17.8. The van der Waals surface area contributed by atoms with Crippen LogP contribution in [0.1, 0.15) is 37.2 Å². The largest absolute Gasteiger partial charge is 0.382 e. The molecular formula is C20H24N4O. The maximum Gasteiger partial charge on any atom is 0.321 e. The van der Waals surface area contributed by atoms with Crippen LogP contribution in [0.4, 0.5) is 16.2 Å². The van der Waals surface area contributed by atoms with Gasteiger partial charge in [0.05, 0.1) is 0 Å². The smallest absolute Gasteiger partial charge is 0.321 e. The number of pyridine rings is 1. The average molecular weight is 336 g/mol. The minimum Gasteiger partial charge on any atom is -0.382 e. The second-order valence-corrected chi connectivity index (χ2v) is 6.92. The van der Waals surface area contributed by atoms with E-state index in [4.69, 9.17) is 0 Å². The van der Waals surface area contributed by atoms with Crippen molar-refractivity contribution in [2.45, 2.75) is 37.6 Å². The highest BCUT2D eigenvalue weighted by Gasteiger charge is 2.24. The molecule has 5 nitrogen and oxygen atoms in total. The molecule has 0 bridgehead atoms. The lowest BCUT2D eigenvalue weighted by atomic mass is 9.82. The van der Waals surface area contributed by atoms with Gasteiger partial charge < -0.3 is 10.6 Å². The third-order valence-corrected chi connectivity index (χ3v) is 5.24. The van der Waals surface area contributed by atoms with E-state index in [1.165, 1.54) is 24.8 Å². The van der Waals surface area contributed by atoms with Gasteiger partial charge in [0.1, 0.15) is 0 Å². The van der Waals surface area contributed by atoms with E-state index in [2.05, 4.69) is 33.8 Å². The minimum atomic E-state index is -0.00713. The van der Waals surface area contributed by atoms with Gasteiger partial charge >= 0.3 is 6.03 Å². The van der Waals surface area contributed by atoms with Crippen LogP contribution in [-0.2, 0) is 0 Å². The fourth-order valence-electron chi connectivity index (χ4n) is 3.93. The normalized spacial score (nSPS) is 23.4. The van der Waals surface area contributed by atoms with Crippen molar-refractivity contribution < 1.29 is 4.79 Å². The topological polar surface area (TPSA) is 57.3 Å². The van der Waals surface area contributed by atoms with Crippen LogP contribution >= 0.6 is 0 Å². The van der Waals surface area contributed by atoms with Gasteiger partial charge in [-0.15, -0.1) is 0 Å². The van der Waals surface area contributed by atoms with Crippen LogP contribution in [0.15, 0.2) is 48.8 Å². The molecule has 1 aromatic heterocycles. The Hall–Kier alpha value is -2.56. The summed E-state index contributed by atoms with van der Waals surface area (Å²) in [5, 5.41) is 6.51. The zero-order valence-corrected chi connectivity index (χ0v) is 14.3. The summed E-state index contributed by atoms with van der Waals surface area (Å²) >= 11 is 0. The van der Waals surface area contributed by atoms with Crippen LogP contribution in [0.5, 0.6) is 0 Å². The summed E-state index contributed by atoms with van der Waals surface area (Å²) in [6.45, 7) is 1.46. The van der Waals surface area contributed by atoms with Crippen molar-refractivity contribution in [1.82, 2.24) is 10.3 Å². The summed E-state index contributed by atoms with van der Waals surface area (Å²) in [5.41, 5.74) is 3.43. The lowest BCUT2D eigenvalue weighted by Gasteiger charge is -2.30. The van der Waals surface area contributed by atoms with Crippen LogP contribution in [0.2, 0.25) is 0 Å². The van der Waals surface area contributed by atoms with Crippen molar-refractivity contribution in [3.05, 3.63) is 54.4 Å². The molecule has 130 valence electrons. The third kappa shape index (κ3) is 3.60. The number of carbonyl (C=O) groups is 1. The van der Waals surface area contributed by atoms with Gasteiger partial charge in [-0.2, -0.15) is 0 Å². The first kappa shape index (κ1) is 15.9. The molecule has 25 heavy (non-hydrogen) atoms. The Kier molecular flexibility index (Phi) is 4.55. The van der Waals surface area contributed by atoms with Crippen molar-refractivity contribution >= 4 is 17.4 Å². The summed E-state index contributed by atoms with van der Waals surface area (Å²) in [6, 6.07) is 12.9. The van der Waals surface area contributed by atoms with Crippen molar-refractivity contribution in [1.29, 1.82) is 0 Å². The summed E-state index contributed by atoms with van der Waals surface area (Å²) < 4.78 is 0. The highest BCUT2D eigenvalue weighted by molar-refractivity contribution is 5.94. The monoisotopic (exact) mass is 336 g/mol. The van der Waals surface area contributed by atoms with Gasteiger partial charge in [-0.05, 0) is 61.1 Å². The summed E-state index contributed by atoms with van der Waals surface area (Å²) in [5.74, 6) is 0.590.